The van der Waals surface area contributed by atoms with Gasteiger partial charge in [-0.3, -0.25) is 19.5 Å². The molecule has 0 atom stereocenters. The predicted octanol–water partition coefficient (Wildman–Crippen LogP) is 3.92. The molecule has 0 saturated carbocycles. The van der Waals surface area contributed by atoms with Crippen molar-refractivity contribution in [3.8, 4) is 0 Å². The van der Waals surface area contributed by atoms with Gasteiger partial charge in [0.15, 0.2) is 5.17 Å². The Labute approximate surface area is 191 Å². The largest absolute Gasteiger partial charge is 0.355 e. The molecule has 4 rings (SSSR count). The van der Waals surface area contributed by atoms with Crippen molar-refractivity contribution >= 4 is 40.5 Å². The standard InChI is InChI=1S/C25H22N4O2S/c30-23(27-15-13-19-8-3-1-4-9-19)18-32-25-28-22(16-20-10-7-14-26-17-20)24(31)29(25)21-11-5-2-6-12-21/h1-12,14,16-17H,13,15,18H2,(H,27,30)/b22-16+. The number of anilines is 1. The van der Waals surface area contributed by atoms with Gasteiger partial charge in [-0.05, 0) is 41.8 Å². The Hall–Kier alpha value is -3.71. The van der Waals surface area contributed by atoms with Crippen LogP contribution < -0.4 is 10.2 Å². The number of rotatable bonds is 7. The lowest BCUT2D eigenvalue weighted by molar-refractivity contribution is -0.118. The van der Waals surface area contributed by atoms with Gasteiger partial charge in [-0.15, -0.1) is 0 Å². The van der Waals surface area contributed by atoms with Gasteiger partial charge in [-0.25, -0.2) is 4.99 Å². The van der Waals surface area contributed by atoms with Crippen LogP contribution in [0.2, 0.25) is 0 Å². The first kappa shape index (κ1) is 21.5. The minimum Gasteiger partial charge on any atom is -0.355 e. The van der Waals surface area contributed by atoms with E-state index in [0.29, 0.717) is 23.1 Å². The van der Waals surface area contributed by atoms with Gasteiger partial charge in [-0.2, -0.15) is 0 Å². The van der Waals surface area contributed by atoms with Crippen molar-refractivity contribution in [2.75, 3.05) is 17.2 Å². The molecule has 2 amide bonds. The van der Waals surface area contributed by atoms with Gasteiger partial charge in [0.25, 0.3) is 5.91 Å². The molecule has 0 aliphatic carbocycles. The van der Waals surface area contributed by atoms with Gasteiger partial charge in [0, 0.05) is 18.9 Å². The number of hydrogen-bond acceptors (Lipinski definition) is 5. The highest BCUT2D eigenvalue weighted by Gasteiger charge is 2.32. The van der Waals surface area contributed by atoms with Gasteiger partial charge in [0.05, 0.1) is 11.4 Å². The summed E-state index contributed by atoms with van der Waals surface area (Å²) in [5.74, 6) is -0.157. The van der Waals surface area contributed by atoms with Gasteiger partial charge in [0.2, 0.25) is 5.91 Å². The third-order valence-corrected chi connectivity index (χ3v) is 5.68. The number of aromatic nitrogens is 1. The average molecular weight is 443 g/mol. The molecule has 0 bridgehead atoms. The molecule has 0 saturated heterocycles. The van der Waals surface area contributed by atoms with Crippen LogP contribution in [0.5, 0.6) is 0 Å². The highest BCUT2D eigenvalue weighted by atomic mass is 32.2. The number of nitrogens with one attached hydrogen (secondary N) is 1. The molecule has 2 aromatic carbocycles. The monoisotopic (exact) mass is 442 g/mol. The summed E-state index contributed by atoms with van der Waals surface area (Å²) in [6.45, 7) is 0.559. The summed E-state index contributed by atoms with van der Waals surface area (Å²) in [5.41, 5.74) is 2.99. The second kappa shape index (κ2) is 10.5. The maximum Gasteiger partial charge on any atom is 0.283 e. The molecule has 3 aromatic rings. The molecule has 0 fully saturated rings. The number of para-hydroxylation sites is 1. The van der Waals surface area contributed by atoms with E-state index in [-0.39, 0.29) is 17.6 Å². The number of nitrogens with zero attached hydrogens (tertiary/aromatic N) is 3. The Kier molecular flexibility index (Phi) is 7.09. The summed E-state index contributed by atoms with van der Waals surface area (Å²) in [4.78, 5) is 35.6. The molecule has 0 spiro atoms. The lowest BCUT2D eigenvalue weighted by Gasteiger charge is -2.17. The predicted molar refractivity (Wildman–Crippen MR) is 129 cm³/mol. The molecule has 0 unspecified atom stereocenters. The van der Waals surface area contributed by atoms with Crippen molar-refractivity contribution < 1.29 is 9.59 Å². The summed E-state index contributed by atoms with van der Waals surface area (Å²) in [6.07, 6.45) is 5.83. The second-order valence-electron chi connectivity index (χ2n) is 7.06. The number of pyridine rings is 1. The zero-order chi connectivity index (χ0) is 22.2. The minimum absolute atomic E-state index is 0.0984. The van der Waals surface area contributed by atoms with Gasteiger partial charge in [0.1, 0.15) is 5.70 Å². The van der Waals surface area contributed by atoms with E-state index in [2.05, 4.69) is 15.3 Å². The van der Waals surface area contributed by atoms with Crippen molar-refractivity contribution in [2.45, 2.75) is 6.42 Å². The molecule has 1 aromatic heterocycles. The molecule has 7 heteroatoms. The fourth-order valence-electron chi connectivity index (χ4n) is 3.19. The van der Waals surface area contributed by atoms with Crippen LogP contribution in [-0.4, -0.2) is 34.3 Å². The molecular formula is C25H22N4O2S. The number of carbonyl (C=O) groups excluding carboxylic acids is 2. The Morgan fingerprint density at radius 1 is 1.00 bits per heavy atom. The summed E-state index contributed by atoms with van der Waals surface area (Å²) in [5, 5.41) is 3.41. The number of carbonyl (C=O) groups is 2. The van der Waals surface area contributed by atoms with E-state index in [0.717, 1.165) is 12.0 Å². The van der Waals surface area contributed by atoms with Crippen LogP contribution in [0.4, 0.5) is 5.69 Å². The van der Waals surface area contributed by atoms with Crippen molar-refractivity contribution in [1.29, 1.82) is 0 Å². The fraction of sp³-hybridized carbons (Fsp3) is 0.120. The number of amides is 2. The maximum atomic E-state index is 13.1. The van der Waals surface area contributed by atoms with E-state index in [1.807, 2.05) is 66.7 Å². The number of benzene rings is 2. The Morgan fingerprint density at radius 2 is 1.75 bits per heavy atom. The van der Waals surface area contributed by atoms with Crippen LogP contribution >= 0.6 is 11.8 Å². The first-order chi connectivity index (χ1) is 15.7. The van der Waals surface area contributed by atoms with Crippen LogP contribution in [0.1, 0.15) is 11.1 Å². The van der Waals surface area contributed by atoms with Gasteiger partial charge < -0.3 is 5.32 Å². The van der Waals surface area contributed by atoms with Crippen LogP contribution in [0.25, 0.3) is 6.08 Å². The minimum atomic E-state index is -0.230. The molecule has 6 nitrogen and oxygen atoms in total. The maximum absolute atomic E-state index is 13.1. The van der Waals surface area contributed by atoms with Crippen LogP contribution in [0.15, 0.2) is 95.9 Å². The first-order valence-electron chi connectivity index (χ1n) is 10.2. The molecule has 0 radical (unpaired) electrons. The highest BCUT2D eigenvalue weighted by molar-refractivity contribution is 8.14. The highest BCUT2D eigenvalue weighted by Crippen LogP contribution is 2.29. The van der Waals surface area contributed by atoms with Crippen LogP contribution in [0, 0.1) is 0 Å². The van der Waals surface area contributed by atoms with Gasteiger partial charge in [-0.1, -0.05) is 66.4 Å². The zero-order valence-corrected chi connectivity index (χ0v) is 18.2. The molecule has 32 heavy (non-hydrogen) atoms. The van der Waals surface area contributed by atoms with E-state index < -0.39 is 0 Å². The smallest absolute Gasteiger partial charge is 0.283 e. The van der Waals surface area contributed by atoms with E-state index in [4.69, 9.17) is 0 Å². The van der Waals surface area contributed by atoms with Crippen molar-refractivity contribution in [3.05, 3.63) is 102 Å². The molecular weight excluding hydrogens is 420 g/mol. The van der Waals surface area contributed by atoms with E-state index in [1.54, 1.807) is 29.4 Å². The van der Waals surface area contributed by atoms with Crippen LogP contribution in [0.3, 0.4) is 0 Å². The topological polar surface area (TPSA) is 74.7 Å². The van der Waals surface area contributed by atoms with E-state index >= 15 is 0 Å². The summed E-state index contributed by atoms with van der Waals surface area (Å²) < 4.78 is 0. The van der Waals surface area contributed by atoms with Crippen molar-refractivity contribution in [2.24, 2.45) is 4.99 Å². The molecule has 1 aliphatic rings. The SMILES string of the molecule is O=C(CSC1=N/C(=C/c2cccnc2)C(=O)N1c1ccccc1)NCCc1ccccc1. The third kappa shape index (κ3) is 5.50. The second-order valence-corrected chi connectivity index (χ2v) is 8.00. The number of thioether (sulfide) groups is 1. The van der Waals surface area contributed by atoms with E-state index in [1.165, 1.54) is 17.3 Å². The first-order valence-corrected chi connectivity index (χ1v) is 11.2. The van der Waals surface area contributed by atoms with Crippen molar-refractivity contribution in [1.82, 2.24) is 10.3 Å². The molecule has 2 heterocycles. The quantitative estimate of drug-likeness (QED) is 0.563. The average Bonchev–Trinajstić information content (AvgIpc) is 3.14. The Balaban J connectivity index is 1.44. The van der Waals surface area contributed by atoms with Crippen LogP contribution in [-0.2, 0) is 16.0 Å². The fourth-order valence-corrected chi connectivity index (χ4v) is 4.03. The summed E-state index contributed by atoms with van der Waals surface area (Å²) >= 11 is 1.25. The lowest BCUT2D eigenvalue weighted by atomic mass is 10.1. The normalized spacial score (nSPS) is 14.5. The molecule has 160 valence electrons. The molecule has 1 aliphatic heterocycles. The van der Waals surface area contributed by atoms with E-state index in [9.17, 15) is 9.59 Å². The Bertz CT molecular complexity index is 1130. The summed E-state index contributed by atoms with van der Waals surface area (Å²) in [6, 6.07) is 23.0. The lowest BCUT2D eigenvalue weighted by Crippen LogP contribution is -2.32. The number of amidine groups is 1. The molecule has 1 N–H and O–H groups in total. The number of aliphatic imine (C=N–C) groups is 1. The number of hydrogen-bond donors (Lipinski definition) is 1. The third-order valence-electron chi connectivity index (χ3n) is 4.74. The zero-order valence-electron chi connectivity index (χ0n) is 17.3. The summed E-state index contributed by atoms with van der Waals surface area (Å²) in [7, 11) is 0. The van der Waals surface area contributed by atoms with Crippen molar-refractivity contribution in [3.63, 3.8) is 0 Å². The Morgan fingerprint density at radius 3 is 2.47 bits per heavy atom. The van der Waals surface area contributed by atoms with Gasteiger partial charge >= 0.3 is 0 Å².